The number of rotatable bonds is 5. The van der Waals surface area contributed by atoms with Crippen LogP contribution in [0.2, 0.25) is 0 Å². The van der Waals surface area contributed by atoms with Crippen LogP contribution < -0.4 is 4.74 Å². The summed E-state index contributed by atoms with van der Waals surface area (Å²) in [6.07, 6.45) is -1.12. The number of hydrogen-bond donors (Lipinski definition) is 1. The number of nitriles is 1. The summed E-state index contributed by atoms with van der Waals surface area (Å²) in [4.78, 5) is 16.4. The Kier molecular flexibility index (Phi) is 6.47. The number of morpholine rings is 1. The first-order valence-electron chi connectivity index (χ1n) is 11.7. The van der Waals surface area contributed by atoms with Crippen molar-refractivity contribution in [2.45, 2.75) is 31.8 Å². The number of cyclic esters (lactones) is 1. The van der Waals surface area contributed by atoms with Gasteiger partial charge in [-0.3, -0.25) is 9.80 Å². The molecule has 1 unspecified atom stereocenters. The molecule has 35 heavy (non-hydrogen) atoms. The molecule has 2 aromatic carbocycles. The Bertz CT molecular complexity index is 1200. The smallest absolute Gasteiger partial charge is 0.338 e. The molecule has 3 aliphatic rings. The molecular weight excluding hydrogens is 453 g/mol. The summed E-state index contributed by atoms with van der Waals surface area (Å²) < 4.78 is 31.1. The SMILES string of the molecule is COc1cc(C(O)CN2CCN3C[C@H](c4ccc5c(c4C)COC5=O)OC[C@H]3C2)c(F)cc1C#N. The molecule has 0 bridgehead atoms. The molecule has 184 valence electrons. The normalized spacial score (nSPS) is 23.2. The number of β-amino-alcohol motifs (C(OH)–C–C–N with tert-alkyl or cyclic N) is 1. The second kappa shape index (κ2) is 9.55. The van der Waals surface area contributed by atoms with Crippen LogP contribution in [0, 0.1) is 24.1 Å². The van der Waals surface area contributed by atoms with Crippen molar-refractivity contribution < 1.29 is 28.5 Å². The minimum Gasteiger partial charge on any atom is -0.495 e. The Morgan fingerprint density at radius 1 is 1.31 bits per heavy atom. The van der Waals surface area contributed by atoms with Gasteiger partial charge in [0.1, 0.15) is 24.2 Å². The van der Waals surface area contributed by atoms with Gasteiger partial charge in [-0.15, -0.1) is 0 Å². The quantitative estimate of drug-likeness (QED) is 0.651. The van der Waals surface area contributed by atoms with E-state index in [9.17, 15) is 14.3 Å². The predicted octanol–water partition coefficient (Wildman–Crippen LogP) is 2.48. The lowest BCUT2D eigenvalue weighted by atomic mass is 9.94. The van der Waals surface area contributed by atoms with Gasteiger partial charge in [-0.05, 0) is 36.2 Å². The summed E-state index contributed by atoms with van der Waals surface area (Å²) in [7, 11) is 1.41. The molecule has 0 aromatic heterocycles. The molecule has 0 saturated carbocycles. The number of piperazine rings is 1. The molecular formula is C26H28FN3O5. The van der Waals surface area contributed by atoms with Crippen LogP contribution in [-0.2, 0) is 16.1 Å². The number of fused-ring (bicyclic) bond motifs is 2. The van der Waals surface area contributed by atoms with E-state index in [0.717, 1.165) is 42.4 Å². The third kappa shape index (κ3) is 4.39. The van der Waals surface area contributed by atoms with Crippen molar-refractivity contribution in [1.29, 1.82) is 5.26 Å². The van der Waals surface area contributed by atoms with Crippen LogP contribution in [0.25, 0.3) is 0 Å². The fraction of sp³-hybridized carbons (Fsp3) is 0.462. The standard InChI is InChI=1S/C26H28FN3O5/c1-15-18(3-4-19-21(15)14-35-26(19)32)25-12-30-6-5-29(10-17(30)13-34-25)11-23(31)20-8-24(33-2)16(9-28)7-22(20)27/h3-4,7-8,17,23,25,31H,5-6,10-14H2,1-2H3/t17-,23?,25-/m1/s1. The number of aliphatic hydroxyl groups excluding tert-OH is 1. The fourth-order valence-electron chi connectivity index (χ4n) is 5.34. The molecule has 3 atom stereocenters. The number of esters is 1. The highest BCUT2D eigenvalue weighted by Gasteiger charge is 2.36. The summed E-state index contributed by atoms with van der Waals surface area (Å²) in [5.74, 6) is -0.636. The van der Waals surface area contributed by atoms with Gasteiger partial charge >= 0.3 is 5.97 Å². The molecule has 0 amide bonds. The summed E-state index contributed by atoms with van der Waals surface area (Å²) >= 11 is 0. The van der Waals surface area contributed by atoms with Crippen LogP contribution in [0.1, 0.15) is 50.4 Å². The molecule has 9 heteroatoms. The van der Waals surface area contributed by atoms with Crippen LogP contribution in [0.15, 0.2) is 24.3 Å². The number of benzene rings is 2. The first-order valence-corrected chi connectivity index (χ1v) is 11.7. The van der Waals surface area contributed by atoms with E-state index in [1.54, 1.807) is 0 Å². The topological polar surface area (TPSA) is 95.3 Å². The average molecular weight is 482 g/mol. The van der Waals surface area contributed by atoms with Gasteiger partial charge in [0.25, 0.3) is 0 Å². The zero-order valence-electron chi connectivity index (χ0n) is 19.8. The first-order chi connectivity index (χ1) is 16.9. The Balaban J connectivity index is 1.22. The van der Waals surface area contributed by atoms with Crippen molar-refractivity contribution in [3.63, 3.8) is 0 Å². The van der Waals surface area contributed by atoms with E-state index in [4.69, 9.17) is 19.5 Å². The fourth-order valence-corrected chi connectivity index (χ4v) is 5.34. The average Bonchev–Trinajstić information content (AvgIpc) is 3.25. The van der Waals surface area contributed by atoms with Gasteiger partial charge < -0.3 is 19.3 Å². The summed E-state index contributed by atoms with van der Waals surface area (Å²) in [5.41, 5.74) is 3.95. The van der Waals surface area contributed by atoms with E-state index >= 15 is 0 Å². The summed E-state index contributed by atoms with van der Waals surface area (Å²) in [6.45, 7) is 6.14. The molecule has 5 rings (SSSR count). The zero-order chi connectivity index (χ0) is 24.7. The summed E-state index contributed by atoms with van der Waals surface area (Å²) in [6, 6.07) is 8.39. The van der Waals surface area contributed by atoms with Crippen molar-refractivity contribution in [3.8, 4) is 11.8 Å². The largest absolute Gasteiger partial charge is 0.495 e. The van der Waals surface area contributed by atoms with Crippen molar-refractivity contribution in [3.05, 3.63) is 63.5 Å². The van der Waals surface area contributed by atoms with Gasteiger partial charge in [-0.2, -0.15) is 5.26 Å². The van der Waals surface area contributed by atoms with Crippen LogP contribution >= 0.6 is 0 Å². The minimum atomic E-state index is -1.04. The monoisotopic (exact) mass is 481 g/mol. The Morgan fingerprint density at radius 2 is 2.14 bits per heavy atom. The van der Waals surface area contributed by atoms with E-state index < -0.39 is 11.9 Å². The van der Waals surface area contributed by atoms with E-state index in [1.807, 2.05) is 25.1 Å². The molecule has 3 heterocycles. The highest BCUT2D eigenvalue weighted by Crippen LogP contribution is 2.34. The maximum atomic E-state index is 14.5. The van der Waals surface area contributed by atoms with E-state index in [1.165, 1.54) is 13.2 Å². The number of hydrogen-bond acceptors (Lipinski definition) is 8. The molecule has 8 nitrogen and oxygen atoms in total. The van der Waals surface area contributed by atoms with Crippen LogP contribution in [0.4, 0.5) is 4.39 Å². The van der Waals surface area contributed by atoms with Gasteiger partial charge in [-0.1, -0.05) is 6.07 Å². The number of methoxy groups -OCH3 is 1. The van der Waals surface area contributed by atoms with Crippen molar-refractivity contribution in [2.75, 3.05) is 46.4 Å². The number of carbonyl (C=O) groups excluding carboxylic acids is 1. The lowest BCUT2D eigenvalue weighted by Gasteiger charge is -2.46. The van der Waals surface area contributed by atoms with Crippen LogP contribution in [0.3, 0.4) is 0 Å². The molecule has 3 aliphatic heterocycles. The van der Waals surface area contributed by atoms with Gasteiger partial charge in [0.15, 0.2) is 0 Å². The molecule has 0 radical (unpaired) electrons. The third-order valence-electron chi connectivity index (χ3n) is 7.36. The lowest BCUT2D eigenvalue weighted by Crippen LogP contribution is -2.58. The van der Waals surface area contributed by atoms with Crippen molar-refractivity contribution >= 4 is 5.97 Å². The van der Waals surface area contributed by atoms with E-state index in [2.05, 4.69) is 9.80 Å². The van der Waals surface area contributed by atoms with Crippen molar-refractivity contribution in [1.82, 2.24) is 9.80 Å². The second-order valence-electron chi connectivity index (χ2n) is 9.31. The van der Waals surface area contributed by atoms with Gasteiger partial charge in [0, 0.05) is 49.9 Å². The van der Waals surface area contributed by atoms with Crippen LogP contribution in [0.5, 0.6) is 5.75 Å². The number of nitrogens with zero attached hydrogens (tertiary/aromatic N) is 3. The van der Waals surface area contributed by atoms with Gasteiger partial charge in [-0.25, -0.2) is 9.18 Å². The first kappa shape index (κ1) is 23.7. The molecule has 2 aromatic rings. The lowest BCUT2D eigenvalue weighted by molar-refractivity contribution is -0.0940. The number of ether oxygens (including phenoxy) is 3. The minimum absolute atomic E-state index is 0.0791. The molecule has 1 N–H and O–H groups in total. The number of aliphatic hydroxyl groups is 1. The summed E-state index contributed by atoms with van der Waals surface area (Å²) in [5, 5.41) is 19.9. The van der Waals surface area contributed by atoms with Crippen LogP contribution in [-0.4, -0.2) is 73.4 Å². The number of halogens is 1. The van der Waals surface area contributed by atoms with Gasteiger partial charge in [0.05, 0.1) is 37.1 Å². The van der Waals surface area contributed by atoms with Gasteiger partial charge in [0.2, 0.25) is 0 Å². The maximum absolute atomic E-state index is 14.5. The Morgan fingerprint density at radius 3 is 2.91 bits per heavy atom. The maximum Gasteiger partial charge on any atom is 0.338 e. The zero-order valence-corrected chi connectivity index (χ0v) is 19.8. The Labute approximate surface area is 203 Å². The number of carbonyl (C=O) groups is 1. The molecule has 0 spiro atoms. The third-order valence-corrected chi connectivity index (χ3v) is 7.36. The highest BCUT2D eigenvalue weighted by atomic mass is 19.1. The van der Waals surface area contributed by atoms with E-state index in [-0.39, 0.29) is 41.5 Å². The predicted molar refractivity (Wildman–Crippen MR) is 123 cm³/mol. The Hall–Kier alpha value is -3.03. The second-order valence-corrected chi connectivity index (χ2v) is 9.31. The molecule has 0 aliphatic carbocycles. The van der Waals surface area contributed by atoms with Crippen molar-refractivity contribution in [2.24, 2.45) is 0 Å². The highest BCUT2D eigenvalue weighted by molar-refractivity contribution is 5.93. The molecule has 2 fully saturated rings. The van der Waals surface area contributed by atoms with E-state index in [0.29, 0.717) is 25.3 Å². The molecule has 2 saturated heterocycles.